The van der Waals surface area contributed by atoms with Gasteiger partial charge < -0.3 is 15.5 Å². The zero-order valence-corrected chi connectivity index (χ0v) is 14.3. The van der Waals surface area contributed by atoms with Crippen LogP contribution in [0.25, 0.3) is 0 Å². The Labute approximate surface area is 149 Å². The molecule has 0 radical (unpaired) electrons. The molecule has 3 N–H and O–H groups in total. The van der Waals surface area contributed by atoms with E-state index in [2.05, 4.69) is 5.32 Å². The monoisotopic (exact) mass is 354 g/mol. The average molecular weight is 354 g/mol. The fourth-order valence-electron chi connectivity index (χ4n) is 2.93. The van der Waals surface area contributed by atoms with Crippen molar-refractivity contribution in [2.24, 2.45) is 0 Å². The van der Waals surface area contributed by atoms with Crippen LogP contribution < -0.4 is 10.2 Å². The molecule has 7 nitrogen and oxygen atoms in total. The molecule has 2 aromatic carbocycles. The van der Waals surface area contributed by atoms with Gasteiger partial charge in [0.2, 0.25) is 5.91 Å². The van der Waals surface area contributed by atoms with Gasteiger partial charge in [-0.25, -0.2) is 9.69 Å². The third-order valence-electron chi connectivity index (χ3n) is 4.33. The number of carbonyl (C=O) groups excluding carboxylic acids is 2. The third kappa shape index (κ3) is 3.11. The molecular formula is C19H18N2O5. The van der Waals surface area contributed by atoms with Crippen molar-refractivity contribution in [3.63, 3.8) is 0 Å². The highest BCUT2D eigenvalue weighted by atomic mass is 16.4. The number of anilines is 2. The smallest absolute Gasteiger partial charge is 0.335 e. The number of aryl methyl sites for hydroxylation is 2. The predicted octanol–water partition coefficient (Wildman–Crippen LogP) is 2.45. The third-order valence-corrected chi connectivity index (χ3v) is 4.33. The van der Waals surface area contributed by atoms with E-state index in [1.165, 1.54) is 18.2 Å². The van der Waals surface area contributed by atoms with Crippen molar-refractivity contribution in [1.29, 1.82) is 0 Å². The predicted molar refractivity (Wildman–Crippen MR) is 95.5 cm³/mol. The van der Waals surface area contributed by atoms with Crippen LogP contribution in [0.1, 0.15) is 27.9 Å². The molecule has 1 unspecified atom stereocenters. The van der Waals surface area contributed by atoms with Gasteiger partial charge in [-0.05, 0) is 49.2 Å². The molecule has 134 valence electrons. The van der Waals surface area contributed by atoms with Gasteiger partial charge in [0, 0.05) is 0 Å². The summed E-state index contributed by atoms with van der Waals surface area (Å²) < 4.78 is 0. The van der Waals surface area contributed by atoms with Gasteiger partial charge in [-0.1, -0.05) is 12.1 Å². The van der Waals surface area contributed by atoms with Gasteiger partial charge in [0.25, 0.3) is 5.91 Å². The van der Waals surface area contributed by atoms with Gasteiger partial charge in [-0.15, -0.1) is 0 Å². The summed E-state index contributed by atoms with van der Waals surface area (Å²) in [5, 5.41) is 22.0. The van der Waals surface area contributed by atoms with Crippen LogP contribution in [-0.4, -0.2) is 34.0 Å². The lowest BCUT2D eigenvalue weighted by Crippen LogP contribution is -2.35. The maximum absolute atomic E-state index is 12.8. The van der Waals surface area contributed by atoms with Crippen molar-refractivity contribution >= 4 is 29.2 Å². The van der Waals surface area contributed by atoms with E-state index in [1.54, 1.807) is 25.1 Å². The Bertz CT molecular complexity index is 922. The number of nitrogens with zero attached hydrogens (tertiary/aromatic N) is 1. The second-order valence-electron chi connectivity index (χ2n) is 6.30. The number of carboxylic acid groups (broad SMARTS) is 1. The number of aromatic hydroxyl groups is 1. The Morgan fingerprint density at radius 2 is 1.88 bits per heavy atom. The van der Waals surface area contributed by atoms with Crippen molar-refractivity contribution in [3.05, 3.63) is 53.1 Å². The second-order valence-corrected chi connectivity index (χ2v) is 6.30. The number of imide groups is 1. The van der Waals surface area contributed by atoms with Crippen molar-refractivity contribution in [2.45, 2.75) is 26.3 Å². The van der Waals surface area contributed by atoms with Crippen LogP contribution in [0.2, 0.25) is 0 Å². The van der Waals surface area contributed by atoms with E-state index in [9.17, 15) is 19.5 Å². The number of carbonyl (C=O) groups is 3. The van der Waals surface area contributed by atoms with E-state index < -0.39 is 23.8 Å². The number of amides is 2. The van der Waals surface area contributed by atoms with E-state index >= 15 is 0 Å². The summed E-state index contributed by atoms with van der Waals surface area (Å²) in [6.45, 7) is 3.55. The summed E-state index contributed by atoms with van der Waals surface area (Å²) in [4.78, 5) is 37.4. The molecule has 0 spiro atoms. The minimum absolute atomic E-state index is 0.000984. The van der Waals surface area contributed by atoms with Crippen LogP contribution in [0.15, 0.2) is 36.4 Å². The molecule has 1 fully saturated rings. The van der Waals surface area contributed by atoms with Crippen LogP contribution in [-0.2, 0) is 9.59 Å². The van der Waals surface area contributed by atoms with Crippen LogP contribution in [0.5, 0.6) is 5.75 Å². The standard InChI is InChI=1S/C19H18N2O5/c1-10-3-6-16(22)13(7-10)20-14-9-17(23)21(18(14)24)15-8-12(19(25)26)5-4-11(15)2/h3-8,14,20,22H,9H2,1-2H3,(H,25,26). The number of carboxylic acids is 1. The number of benzene rings is 2. The van der Waals surface area contributed by atoms with Crippen molar-refractivity contribution in [3.8, 4) is 5.75 Å². The minimum atomic E-state index is -1.13. The van der Waals surface area contributed by atoms with E-state index in [0.29, 0.717) is 11.3 Å². The van der Waals surface area contributed by atoms with Gasteiger partial charge >= 0.3 is 5.97 Å². The minimum Gasteiger partial charge on any atom is -0.506 e. The number of hydrogen-bond acceptors (Lipinski definition) is 5. The van der Waals surface area contributed by atoms with E-state index in [0.717, 1.165) is 10.5 Å². The molecule has 1 heterocycles. The molecule has 1 aliphatic rings. The number of rotatable bonds is 4. The molecule has 26 heavy (non-hydrogen) atoms. The molecule has 3 rings (SSSR count). The fourth-order valence-corrected chi connectivity index (χ4v) is 2.93. The molecule has 0 saturated carbocycles. The lowest BCUT2D eigenvalue weighted by molar-refractivity contribution is -0.121. The van der Waals surface area contributed by atoms with E-state index in [-0.39, 0.29) is 23.4 Å². The molecular weight excluding hydrogens is 336 g/mol. The molecule has 0 aromatic heterocycles. The zero-order valence-electron chi connectivity index (χ0n) is 14.3. The number of nitrogens with one attached hydrogen (secondary N) is 1. The first-order valence-electron chi connectivity index (χ1n) is 8.05. The lowest BCUT2D eigenvalue weighted by Gasteiger charge is -2.19. The van der Waals surface area contributed by atoms with Crippen molar-refractivity contribution < 1.29 is 24.6 Å². The van der Waals surface area contributed by atoms with Gasteiger partial charge in [0.05, 0.1) is 23.4 Å². The zero-order chi connectivity index (χ0) is 19.0. The highest BCUT2D eigenvalue weighted by Gasteiger charge is 2.40. The summed E-state index contributed by atoms with van der Waals surface area (Å²) in [6.07, 6.45) is -0.0804. The van der Waals surface area contributed by atoms with Crippen LogP contribution in [0.4, 0.5) is 11.4 Å². The van der Waals surface area contributed by atoms with Crippen molar-refractivity contribution in [1.82, 2.24) is 0 Å². The summed E-state index contributed by atoms with van der Waals surface area (Å²) in [5.41, 5.74) is 2.14. The first-order valence-corrected chi connectivity index (χ1v) is 8.05. The SMILES string of the molecule is Cc1ccc(O)c(NC2CC(=O)N(c3cc(C(=O)O)ccc3C)C2=O)c1. The number of phenolic OH excluding ortho intramolecular Hbond substituents is 1. The maximum Gasteiger partial charge on any atom is 0.335 e. The van der Waals surface area contributed by atoms with Gasteiger partial charge in [-0.2, -0.15) is 0 Å². The molecule has 1 aliphatic heterocycles. The normalized spacial score (nSPS) is 16.8. The Hall–Kier alpha value is -3.35. The van der Waals surface area contributed by atoms with Crippen molar-refractivity contribution in [2.75, 3.05) is 10.2 Å². The molecule has 1 saturated heterocycles. The maximum atomic E-state index is 12.8. The highest BCUT2D eigenvalue weighted by Crippen LogP contribution is 2.31. The quantitative estimate of drug-likeness (QED) is 0.575. The van der Waals surface area contributed by atoms with Gasteiger partial charge in [0.15, 0.2) is 0 Å². The molecule has 1 atom stereocenters. The Balaban J connectivity index is 1.91. The topological polar surface area (TPSA) is 107 Å². The summed E-state index contributed by atoms with van der Waals surface area (Å²) in [6, 6.07) is 8.40. The Morgan fingerprint density at radius 3 is 2.58 bits per heavy atom. The largest absolute Gasteiger partial charge is 0.506 e. The molecule has 2 aromatic rings. The van der Waals surface area contributed by atoms with Crippen LogP contribution in [0.3, 0.4) is 0 Å². The molecule has 0 aliphatic carbocycles. The number of phenols is 1. The Morgan fingerprint density at radius 1 is 1.15 bits per heavy atom. The number of aromatic carboxylic acids is 1. The summed E-state index contributed by atoms with van der Waals surface area (Å²) in [7, 11) is 0. The van der Waals surface area contributed by atoms with Gasteiger partial charge in [-0.3, -0.25) is 9.59 Å². The van der Waals surface area contributed by atoms with Crippen LogP contribution in [0, 0.1) is 13.8 Å². The molecule has 2 amide bonds. The molecule has 0 bridgehead atoms. The average Bonchev–Trinajstić information content (AvgIpc) is 2.85. The fraction of sp³-hybridized carbons (Fsp3) is 0.211. The van der Waals surface area contributed by atoms with E-state index in [4.69, 9.17) is 5.11 Å². The Kier molecular flexibility index (Phi) is 4.38. The lowest BCUT2D eigenvalue weighted by atomic mass is 10.1. The summed E-state index contributed by atoms with van der Waals surface area (Å²) in [5.74, 6) is -2.06. The second kappa shape index (κ2) is 6.51. The molecule has 7 heteroatoms. The summed E-state index contributed by atoms with van der Waals surface area (Å²) >= 11 is 0. The van der Waals surface area contributed by atoms with E-state index in [1.807, 2.05) is 6.92 Å². The van der Waals surface area contributed by atoms with Gasteiger partial charge in [0.1, 0.15) is 11.8 Å². The van der Waals surface area contributed by atoms with Crippen LogP contribution >= 0.6 is 0 Å². The highest BCUT2D eigenvalue weighted by molar-refractivity contribution is 6.23. The first-order chi connectivity index (χ1) is 12.3. The number of hydrogen-bond donors (Lipinski definition) is 3. The first kappa shape index (κ1) is 17.5.